The SMILES string of the molecule is C/C(=C/c1ccnc(C)n1)CCl. The zero-order chi connectivity index (χ0) is 8.97. The number of rotatable bonds is 2. The standard InChI is InChI=1S/C9H11ClN2/c1-7(6-10)5-9-3-4-11-8(2)12-9/h3-5H,6H2,1-2H3/b7-5-. The highest BCUT2D eigenvalue weighted by atomic mass is 35.5. The monoisotopic (exact) mass is 182 g/mol. The van der Waals surface area contributed by atoms with Gasteiger partial charge in [-0.05, 0) is 26.0 Å². The predicted octanol–water partition coefficient (Wildman–Crippen LogP) is 2.43. The first-order valence-corrected chi connectivity index (χ1v) is 4.28. The second-order valence-electron chi connectivity index (χ2n) is 2.65. The van der Waals surface area contributed by atoms with Crippen LogP contribution >= 0.6 is 11.6 Å². The van der Waals surface area contributed by atoms with E-state index in [0.717, 1.165) is 17.1 Å². The molecule has 12 heavy (non-hydrogen) atoms. The Kier molecular flexibility index (Phi) is 3.23. The molecule has 0 aromatic carbocycles. The van der Waals surface area contributed by atoms with Crippen molar-refractivity contribution >= 4 is 17.7 Å². The lowest BCUT2D eigenvalue weighted by Gasteiger charge is -1.96. The van der Waals surface area contributed by atoms with E-state index in [9.17, 15) is 0 Å². The van der Waals surface area contributed by atoms with Crippen molar-refractivity contribution < 1.29 is 0 Å². The fourth-order valence-electron chi connectivity index (χ4n) is 0.846. The lowest BCUT2D eigenvalue weighted by atomic mass is 10.2. The minimum absolute atomic E-state index is 0.545. The summed E-state index contributed by atoms with van der Waals surface area (Å²) in [6.07, 6.45) is 3.71. The van der Waals surface area contributed by atoms with Gasteiger partial charge in [0.15, 0.2) is 0 Å². The second-order valence-corrected chi connectivity index (χ2v) is 2.92. The third kappa shape index (κ3) is 2.62. The van der Waals surface area contributed by atoms with E-state index < -0.39 is 0 Å². The quantitative estimate of drug-likeness (QED) is 0.657. The molecule has 0 aliphatic carbocycles. The van der Waals surface area contributed by atoms with Gasteiger partial charge in [-0.1, -0.05) is 5.57 Å². The van der Waals surface area contributed by atoms with E-state index in [-0.39, 0.29) is 0 Å². The third-order valence-corrected chi connectivity index (χ3v) is 1.82. The molecule has 0 aliphatic rings. The minimum Gasteiger partial charge on any atom is -0.242 e. The Morgan fingerprint density at radius 1 is 1.67 bits per heavy atom. The Morgan fingerprint density at radius 3 is 3.00 bits per heavy atom. The van der Waals surface area contributed by atoms with E-state index in [1.165, 1.54) is 0 Å². The number of hydrogen-bond donors (Lipinski definition) is 0. The Bertz CT molecular complexity index is 294. The Labute approximate surface area is 77.3 Å². The first kappa shape index (κ1) is 9.20. The Hall–Kier alpha value is -0.890. The van der Waals surface area contributed by atoms with Crippen molar-refractivity contribution in [2.24, 2.45) is 0 Å². The number of nitrogens with zero attached hydrogens (tertiary/aromatic N) is 2. The van der Waals surface area contributed by atoms with Gasteiger partial charge < -0.3 is 0 Å². The van der Waals surface area contributed by atoms with Gasteiger partial charge >= 0.3 is 0 Å². The summed E-state index contributed by atoms with van der Waals surface area (Å²) in [5.41, 5.74) is 2.02. The summed E-state index contributed by atoms with van der Waals surface area (Å²) in [6.45, 7) is 3.85. The molecule has 0 radical (unpaired) electrons. The van der Waals surface area contributed by atoms with Crippen LogP contribution in [0.3, 0.4) is 0 Å². The molecule has 2 nitrogen and oxygen atoms in total. The molecule has 0 saturated carbocycles. The van der Waals surface area contributed by atoms with Crippen LogP contribution in [0.5, 0.6) is 0 Å². The lowest BCUT2D eigenvalue weighted by molar-refractivity contribution is 1.04. The van der Waals surface area contributed by atoms with Gasteiger partial charge in [-0.3, -0.25) is 0 Å². The highest BCUT2D eigenvalue weighted by Crippen LogP contribution is 2.04. The van der Waals surface area contributed by atoms with Gasteiger partial charge in [0.1, 0.15) is 5.82 Å². The summed E-state index contributed by atoms with van der Waals surface area (Å²) in [6, 6.07) is 1.86. The maximum Gasteiger partial charge on any atom is 0.125 e. The van der Waals surface area contributed by atoms with Crippen molar-refractivity contribution in [3.05, 3.63) is 29.4 Å². The molecule has 0 aliphatic heterocycles. The van der Waals surface area contributed by atoms with Crippen LogP contribution in [-0.2, 0) is 0 Å². The van der Waals surface area contributed by atoms with E-state index in [1.807, 2.05) is 26.0 Å². The molecule has 0 unspecified atom stereocenters. The number of alkyl halides is 1. The van der Waals surface area contributed by atoms with Gasteiger partial charge in [-0.2, -0.15) is 0 Å². The first-order chi connectivity index (χ1) is 5.72. The molecule has 0 amide bonds. The smallest absolute Gasteiger partial charge is 0.125 e. The minimum atomic E-state index is 0.545. The highest BCUT2D eigenvalue weighted by Gasteiger charge is 1.92. The Balaban J connectivity index is 2.89. The summed E-state index contributed by atoms with van der Waals surface area (Å²) < 4.78 is 0. The average molecular weight is 183 g/mol. The molecule has 0 N–H and O–H groups in total. The van der Waals surface area contributed by atoms with Gasteiger partial charge in [-0.15, -0.1) is 11.6 Å². The van der Waals surface area contributed by atoms with Crippen molar-refractivity contribution in [1.82, 2.24) is 9.97 Å². The van der Waals surface area contributed by atoms with Crippen LogP contribution in [0.4, 0.5) is 0 Å². The molecular weight excluding hydrogens is 172 g/mol. The van der Waals surface area contributed by atoms with Gasteiger partial charge in [0.2, 0.25) is 0 Å². The zero-order valence-electron chi connectivity index (χ0n) is 7.21. The maximum absolute atomic E-state index is 5.63. The molecule has 1 heterocycles. The highest BCUT2D eigenvalue weighted by molar-refractivity contribution is 6.19. The summed E-state index contributed by atoms with van der Waals surface area (Å²) in [5.74, 6) is 1.33. The first-order valence-electron chi connectivity index (χ1n) is 3.75. The fraction of sp³-hybridized carbons (Fsp3) is 0.333. The van der Waals surface area contributed by atoms with Crippen LogP contribution < -0.4 is 0 Å². The van der Waals surface area contributed by atoms with Crippen molar-refractivity contribution in [3.8, 4) is 0 Å². The van der Waals surface area contributed by atoms with Crippen molar-refractivity contribution in [2.75, 3.05) is 5.88 Å². The van der Waals surface area contributed by atoms with Crippen molar-refractivity contribution in [3.63, 3.8) is 0 Å². The summed E-state index contributed by atoms with van der Waals surface area (Å²) in [5, 5.41) is 0. The molecule has 3 heteroatoms. The van der Waals surface area contributed by atoms with Crippen LogP contribution in [0.2, 0.25) is 0 Å². The van der Waals surface area contributed by atoms with E-state index in [2.05, 4.69) is 9.97 Å². The average Bonchev–Trinajstić information content (AvgIpc) is 2.04. The third-order valence-electron chi connectivity index (χ3n) is 1.40. The van der Waals surface area contributed by atoms with Gasteiger partial charge in [-0.25, -0.2) is 9.97 Å². The molecule has 1 aromatic rings. The van der Waals surface area contributed by atoms with Crippen LogP contribution in [-0.4, -0.2) is 15.8 Å². The van der Waals surface area contributed by atoms with Crippen LogP contribution in [0.15, 0.2) is 17.8 Å². The van der Waals surface area contributed by atoms with Crippen LogP contribution in [0, 0.1) is 6.92 Å². The molecule has 0 fully saturated rings. The molecule has 0 spiro atoms. The number of aryl methyl sites for hydroxylation is 1. The van der Waals surface area contributed by atoms with Gasteiger partial charge in [0.25, 0.3) is 0 Å². The van der Waals surface area contributed by atoms with Gasteiger partial charge in [0.05, 0.1) is 5.69 Å². The molecule has 0 bridgehead atoms. The fourth-order valence-corrected chi connectivity index (χ4v) is 0.923. The summed E-state index contributed by atoms with van der Waals surface area (Å²) in [4.78, 5) is 8.21. The zero-order valence-corrected chi connectivity index (χ0v) is 7.97. The summed E-state index contributed by atoms with van der Waals surface area (Å²) in [7, 11) is 0. The van der Waals surface area contributed by atoms with E-state index in [4.69, 9.17) is 11.6 Å². The van der Waals surface area contributed by atoms with Crippen molar-refractivity contribution in [1.29, 1.82) is 0 Å². The topological polar surface area (TPSA) is 25.8 Å². The van der Waals surface area contributed by atoms with Crippen LogP contribution in [0.1, 0.15) is 18.4 Å². The van der Waals surface area contributed by atoms with Gasteiger partial charge in [0, 0.05) is 12.1 Å². The number of halogens is 1. The Morgan fingerprint density at radius 2 is 2.42 bits per heavy atom. The molecule has 64 valence electrons. The van der Waals surface area contributed by atoms with Crippen LogP contribution in [0.25, 0.3) is 6.08 Å². The van der Waals surface area contributed by atoms with E-state index in [0.29, 0.717) is 5.88 Å². The maximum atomic E-state index is 5.63. The molecular formula is C9H11ClN2. The molecule has 1 rings (SSSR count). The predicted molar refractivity (Wildman–Crippen MR) is 51.1 cm³/mol. The second kappa shape index (κ2) is 4.21. The molecule has 0 atom stereocenters. The largest absolute Gasteiger partial charge is 0.242 e. The number of hydrogen-bond acceptors (Lipinski definition) is 2. The normalized spacial score (nSPS) is 11.8. The molecule has 0 saturated heterocycles. The lowest BCUT2D eigenvalue weighted by Crippen LogP contribution is -1.89. The van der Waals surface area contributed by atoms with E-state index in [1.54, 1.807) is 6.20 Å². The number of aromatic nitrogens is 2. The van der Waals surface area contributed by atoms with E-state index >= 15 is 0 Å². The summed E-state index contributed by atoms with van der Waals surface area (Å²) >= 11 is 5.63. The van der Waals surface area contributed by atoms with Crippen molar-refractivity contribution in [2.45, 2.75) is 13.8 Å². The number of allylic oxidation sites excluding steroid dienone is 1. The molecule has 1 aromatic heterocycles.